The van der Waals surface area contributed by atoms with Gasteiger partial charge in [-0.3, -0.25) is 18.6 Å². The molecule has 10 heteroatoms. The zero-order chi connectivity index (χ0) is 26.4. The molecule has 1 amide bonds. The van der Waals surface area contributed by atoms with E-state index in [1.807, 2.05) is 12.1 Å². The van der Waals surface area contributed by atoms with Gasteiger partial charge in [-0.15, -0.1) is 11.3 Å². The highest BCUT2D eigenvalue weighted by molar-refractivity contribution is 7.73. The summed E-state index contributed by atoms with van der Waals surface area (Å²) in [6.45, 7) is 1.97. The van der Waals surface area contributed by atoms with E-state index in [0.29, 0.717) is 57.1 Å². The number of amides is 1. The summed E-state index contributed by atoms with van der Waals surface area (Å²) in [6, 6.07) is 19.6. The predicted octanol–water partition coefficient (Wildman–Crippen LogP) is 5.34. The minimum absolute atomic E-state index is 0.169. The Labute approximate surface area is 225 Å². The number of carbonyl (C=O) groups is 1. The number of thiazole rings is 1. The molecule has 5 aromatic rings. The first kappa shape index (κ1) is 24.4. The van der Waals surface area contributed by atoms with E-state index >= 15 is 0 Å². The monoisotopic (exact) mass is 548 g/mol. The fraction of sp³-hybridized carbons (Fsp3) is 0.179. The number of benzene rings is 3. The van der Waals surface area contributed by atoms with Crippen LogP contribution in [0.2, 0.25) is 0 Å². The molecular formula is C28H22F2N4O2S2. The normalized spacial score (nSPS) is 13.9. The summed E-state index contributed by atoms with van der Waals surface area (Å²) in [5.74, 6) is -0.879. The van der Waals surface area contributed by atoms with Gasteiger partial charge in [0.25, 0.3) is 5.56 Å². The molecule has 2 aromatic heterocycles. The highest BCUT2D eigenvalue weighted by atomic mass is 32.1. The van der Waals surface area contributed by atoms with E-state index in [-0.39, 0.29) is 23.8 Å². The number of fused-ring (bicyclic) bond motifs is 3. The van der Waals surface area contributed by atoms with Crippen molar-refractivity contribution in [3.8, 4) is 10.4 Å². The Balaban J connectivity index is 1.38. The Morgan fingerprint density at radius 1 is 0.895 bits per heavy atom. The smallest absolute Gasteiger partial charge is 0.262 e. The maximum Gasteiger partial charge on any atom is 0.262 e. The molecule has 3 heterocycles. The molecule has 0 atom stereocenters. The molecule has 0 bridgehead atoms. The molecular weight excluding hydrogens is 526 g/mol. The van der Waals surface area contributed by atoms with Gasteiger partial charge in [0.05, 0.1) is 15.8 Å². The van der Waals surface area contributed by atoms with E-state index in [9.17, 15) is 18.4 Å². The fourth-order valence-electron chi connectivity index (χ4n) is 4.98. The molecule has 0 radical (unpaired) electrons. The van der Waals surface area contributed by atoms with E-state index in [1.165, 1.54) is 40.2 Å². The zero-order valence-electron chi connectivity index (χ0n) is 20.1. The first-order chi connectivity index (χ1) is 18.4. The summed E-state index contributed by atoms with van der Waals surface area (Å²) in [5, 5.41) is 0.452. The van der Waals surface area contributed by atoms with Crippen molar-refractivity contribution in [2.45, 2.75) is 6.54 Å². The van der Waals surface area contributed by atoms with E-state index < -0.39 is 5.82 Å². The van der Waals surface area contributed by atoms with Gasteiger partial charge in [0.15, 0.2) is 3.95 Å². The lowest BCUT2D eigenvalue weighted by molar-refractivity contribution is -0.132. The third-order valence-corrected chi connectivity index (χ3v) is 8.28. The van der Waals surface area contributed by atoms with Crippen LogP contribution in [0.5, 0.6) is 0 Å². The summed E-state index contributed by atoms with van der Waals surface area (Å²) in [7, 11) is 0. The molecule has 1 saturated heterocycles. The highest BCUT2D eigenvalue weighted by Crippen LogP contribution is 2.33. The van der Waals surface area contributed by atoms with Gasteiger partial charge in [-0.05, 0) is 66.3 Å². The van der Waals surface area contributed by atoms with Crippen molar-refractivity contribution in [2.24, 2.45) is 0 Å². The van der Waals surface area contributed by atoms with E-state index in [4.69, 9.17) is 12.2 Å². The zero-order valence-corrected chi connectivity index (χ0v) is 21.8. The molecule has 1 fully saturated rings. The lowest BCUT2D eigenvalue weighted by Gasteiger charge is -2.36. The van der Waals surface area contributed by atoms with Gasteiger partial charge in [0.1, 0.15) is 23.8 Å². The molecule has 6 nitrogen and oxygen atoms in total. The largest absolute Gasteiger partial charge is 0.368 e. The second-order valence-corrected chi connectivity index (χ2v) is 10.8. The molecule has 1 aliphatic heterocycles. The number of carbonyl (C=O) groups excluding carboxylic acids is 1. The van der Waals surface area contributed by atoms with Crippen molar-refractivity contribution in [2.75, 3.05) is 31.1 Å². The van der Waals surface area contributed by atoms with Gasteiger partial charge in [0.2, 0.25) is 5.91 Å². The molecule has 0 unspecified atom stereocenters. The molecule has 6 rings (SSSR count). The van der Waals surface area contributed by atoms with Gasteiger partial charge in [0, 0.05) is 31.9 Å². The van der Waals surface area contributed by atoms with Gasteiger partial charge >= 0.3 is 0 Å². The number of nitrogens with zero attached hydrogens (tertiary/aromatic N) is 4. The summed E-state index contributed by atoms with van der Waals surface area (Å²) >= 11 is 6.97. The van der Waals surface area contributed by atoms with E-state index in [2.05, 4.69) is 4.90 Å². The van der Waals surface area contributed by atoms with Crippen LogP contribution in [0.4, 0.5) is 14.5 Å². The van der Waals surface area contributed by atoms with Crippen LogP contribution in [-0.4, -0.2) is 46.0 Å². The highest BCUT2D eigenvalue weighted by Gasteiger charge is 2.25. The molecule has 3 aromatic carbocycles. The van der Waals surface area contributed by atoms with Crippen LogP contribution in [-0.2, 0) is 11.3 Å². The molecule has 38 heavy (non-hydrogen) atoms. The number of hydrogen-bond acceptors (Lipinski definition) is 5. The molecule has 1 aliphatic rings. The van der Waals surface area contributed by atoms with E-state index in [1.54, 1.807) is 45.7 Å². The standard InChI is InChI=1S/C28H22F2N4O2S2/c29-19-8-10-21(11-9-19)31-12-14-32(15-13-31)24(35)17-33-26-25(18-4-3-5-20(30)16-18)38-28(37)34(26)23-7-2-1-6-22(23)27(33)36/h1-11,16H,12-15,17H2. The van der Waals surface area contributed by atoms with Crippen molar-refractivity contribution < 1.29 is 13.6 Å². The molecule has 0 N–H and O–H groups in total. The van der Waals surface area contributed by atoms with Gasteiger partial charge in [-0.1, -0.05) is 24.3 Å². The first-order valence-corrected chi connectivity index (χ1v) is 13.3. The summed E-state index contributed by atoms with van der Waals surface area (Å²) in [6.07, 6.45) is 0. The number of halogens is 2. The first-order valence-electron chi connectivity index (χ1n) is 12.1. The third kappa shape index (κ3) is 4.29. The second-order valence-electron chi connectivity index (χ2n) is 9.12. The Morgan fingerprint density at radius 2 is 1.63 bits per heavy atom. The minimum atomic E-state index is -0.398. The average Bonchev–Trinajstić information content (AvgIpc) is 3.28. The topological polar surface area (TPSA) is 50.0 Å². The Morgan fingerprint density at radius 3 is 2.37 bits per heavy atom. The molecule has 0 aliphatic carbocycles. The lowest BCUT2D eigenvalue weighted by Crippen LogP contribution is -2.50. The average molecular weight is 549 g/mol. The van der Waals surface area contributed by atoms with Crippen molar-refractivity contribution >= 4 is 51.7 Å². The lowest BCUT2D eigenvalue weighted by atomic mass is 10.1. The van der Waals surface area contributed by atoms with Gasteiger partial charge < -0.3 is 9.80 Å². The minimum Gasteiger partial charge on any atom is -0.368 e. The van der Waals surface area contributed by atoms with Crippen LogP contribution in [0.15, 0.2) is 77.6 Å². The Hall–Kier alpha value is -3.89. The second kappa shape index (κ2) is 9.77. The van der Waals surface area contributed by atoms with Gasteiger partial charge in [-0.2, -0.15) is 0 Å². The summed E-state index contributed by atoms with van der Waals surface area (Å²) in [4.78, 5) is 31.7. The number of aromatic nitrogens is 2. The van der Waals surface area contributed by atoms with Crippen molar-refractivity contribution in [1.82, 2.24) is 13.9 Å². The molecule has 192 valence electrons. The van der Waals surface area contributed by atoms with E-state index in [0.717, 1.165) is 5.69 Å². The molecule has 0 spiro atoms. The number of rotatable bonds is 4. The summed E-state index contributed by atoms with van der Waals surface area (Å²) in [5.41, 5.74) is 2.32. The molecule has 0 saturated carbocycles. The number of para-hydroxylation sites is 1. The van der Waals surface area contributed by atoms with Crippen LogP contribution in [0.3, 0.4) is 0 Å². The third-order valence-electron chi connectivity index (χ3n) is 6.87. The maximum absolute atomic E-state index is 14.1. The number of hydrogen-bond donors (Lipinski definition) is 0. The van der Waals surface area contributed by atoms with Crippen LogP contribution >= 0.6 is 23.6 Å². The fourth-order valence-corrected chi connectivity index (χ4v) is 6.40. The maximum atomic E-state index is 14.1. The van der Waals surface area contributed by atoms with Crippen molar-refractivity contribution in [3.63, 3.8) is 0 Å². The number of piperazine rings is 1. The predicted molar refractivity (Wildman–Crippen MR) is 148 cm³/mol. The summed E-state index contributed by atoms with van der Waals surface area (Å²) < 4.78 is 31.2. The quantitative estimate of drug-likeness (QED) is 0.285. The Kier molecular flexibility index (Phi) is 6.29. The van der Waals surface area contributed by atoms with Crippen LogP contribution < -0.4 is 10.5 Å². The SMILES string of the molecule is O=C(Cn1c(=O)c2ccccc2n2c(=S)sc(-c3cccc(F)c3)c12)N1CCN(c2ccc(F)cc2)CC1. The van der Waals surface area contributed by atoms with Crippen LogP contribution in [0.25, 0.3) is 27.0 Å². The van der Waals surface area contributed by atoms with Crippen molar-refractivity contribution in [3.05, 3.63) is 98.7 Å². The van der Waals surface area contributed by atoms with Crippen LogP contribution in [0, 0.1) is 15.6 Å². The Bertz CT molecular complexity index is 1800. The van der Waals surface area contributed by atoms with Gasteiger partial charge in [-0.25, -0.2) is 8.78 Å². The van der Waals surface area contributed by atoms with Crippen molar-refractivity contribution in [1.29, 1.82) is 0 Å². The van der Waals surface area contributed by atoms with Crippen LogP contribution in [0.1, 0.15) is 0 Å². The number of anilines is 1.